The Labute approximate surface area is 340 Å². The molecule has 0 aliphatic carbocycles. The van der Waals surface area contributed by atoms with Crippen LogP contribution in [-0.4, -0.2) is 86.0 Å². The minimum Gasteiger partial charge on any atom is -0.492 e. The van der Waals surface area contributed by atoms with Crippen LogP contribution >= 0.6 is 11.8 Å². The van der Waals surface area contributed by atoms with Crippen molar-refractivity contribution in [1.29, 1.82) is 5.26 Å². The number of piperazine rings is 1. The number of nitrogens with zero attached hydrogens (tertiary/aromatic N) is 2. The summed E-state index contributed by atoms with van der Waals surface area (Å²) < 4.78 is 70.2. The number of carbonyl (C=O) groups is 3. The summed E-state index contributed by atoms with van der Waals surface area (Å²) in [4.78, 5) is 52.4. The number of nitrogens with one attached hydrogen (secondary N) is 2. The van der Waals surface area contributed by atoms with Crippen LogP contribution in [0.5, 0.6) is 28.7 Å². The van der Waals surface area contributed by atoms with E-state index >= 15 is 0 Å². The number of hydrogen-bond acceptors (Lipinski definition) is 14. The van der Waals surface area contributed by atoms with Crippen LogP contribution in [0.25, 0.3) is 6.08 Å². The lowest BCUT2D eigenvalue weighted by molar-refractivity contribution is -0.197. The van der Waals surface area contributed by atoms with Gasteiger partial charge in [0.15, 0.2) is 17.2 Å². The van der Waals surface area contributed by atoms with Gasteiger partial charge in [0.1, 0.15) is 31.0 Å². The van der Waals surface area contributed by atoms with E-state index in [0.29, 0.717) is 45.9 Å². The highest BCUT2D eigenvalue weighted by atomic mass is 32.2. The SMILES string of the molecule is COc1c(C)cc2c(c1OOC/C=C/c1ccccc1)C1NC(C2)[C@H](C#N)N2C1[C@@H]1SCC(NC(=O)C(F)(F)F)C(=O)OC[C@H]2c2c3c(c(C)c(OC(C)=O)c21)OCO3. The summed E-state index contributed by atoms with van der Waals surface area (Å²) >= 11 is 1.04. The van der Waals surface area contributed by atoms with Crippen LogP contribution in [0.3, 0.4) is 0 Å². The molecular formula is C41H39F3N4O10S. The van der Waals surface area contributed by atoms with Crippen molar-refractivity contribution in [3.05, 3.63) is 81.4 Å². The van der Waals surface area contributed by atoms with Gasteiger partial charge in [-0.2, -0.15) is 23.3 Å². The van der Waals surface area contributed by atoms with Crippen molar-refractivity contribution in [3.8, 4) is 34.8 Å². The van der Waals surface area contributed by atoms with E-state index in [1.807, 2.05) is 54.3 Å². The number of methoxy groups -OCH3 is 1. The summed E-state index contributed by atoms with van der Waals surface area (Å²) in [7, 11) is 1.51. The molecular weight excluding hydrogens is 798 g/mol. The predicted molar refractivity (Wildman–Crippen MR) is 204 cm³/mol. The molecule has 0 saturated carbocycles. The fourth-order valence-electron chi connectivity index (χ4n) is 8.85. The summed E-state index contributed by atoms with van der Waals surface area (Å²) in [6.07, 6.45) is -1.22. The lowest BCUT2D eigenvalue weighted by Crippen LogP contribution is -2.69. The highest BCUT2D eigenvalue weighted by Crippen LogP contribution is 2.62. The van der Waals surface area contributed by atoms with E-state index in [1.54, 1.807) is 18.3 Å². The molecule has 5 heterocycles. The summed E-state index contributed by atoms with van der Waals surface area (Å²) in [5, 5.41) is 15.6. The maximum absolute atomic E-state index is 13.5. The third kappa shape index (κ3) is 7.19. The van der Waals surface area contributed by atoms with Crippen LogP contribution in [0.2, 0.25) is 0 Å². The zero-order valence-electron chi connectivity index (χ0n) is 32.2. The number of cyclic esters (lactones) is 1. The zero-order chi connectivity index (χ0) is 41.7. The van der Waals surface area contributed by atoms with Gasteiger partial charge in [-0.1, -0.05) is 48.6 Å². The smallest absolute Gasteiger partial charge is 0.471 e. The molecule has 3 aromatic rings. The molecule has 5 aliphatic rings. The molecule has 18 heteroatoms. The minimum absolute atomic E-state index is 0.0656. The van der Waals surface area contributed by atoms with Crippen LogP contribution < -0.4 is 34.5 Å². The minimum atomic E-state index is -5.28. The molecule has 310 valence electrons. The van der Waals surface area contributed by atoms with E-state index in [-0.39, 0.29) is 24.9 Å². The number of nitriles is 1. The Balaban J connectivity index is 1.30. The first kappa shape index (κ1) is 40.3. The molecule has 2 fully saturated rings. The molecule has 0 aromatic heterocycles. The number of aryl methyl sites for hydroxylation is 1. The van der Waals surface area contributed by atoms with Gasteiger partial charge in [-0.25, -0.2) is 4.79 Å². The van der Waals surface area contributed by atoms with Crippen molar-refractivity contribution in [1.82, 2.24) is 15.5 Å². The lowest BCUT2D eigenvalue weighted by Gasteiger charge is -2.59. The molecule has 4 unspecified atom stereocenters. The molecule has 14 nitrogen and oxygen atoms in total. The van der Waals surface area contributed by atoms with Crippen LogP contribution in [-0.2, 0) is 30.4 Å². The lowest BCUT2D eigenvalue weighted by atomic mass is 9.72. The Morgan fingerprint density at radius 2 is 1.85 bits per heavy atom. The second-order valence-electron chi connectivity index (χ2n) is 14.6. The summed E-state index contributed by atoms with van der Waals surface area (Å²) in [6.45, 7) is 4.22. The standard InChI is InChI=1S/C41H39F3N4O10S/c1-19-13-23-14-24-26(15-45)48-27-16-53-39(50)25(47-40(51)41(42,43)44)17-59-38(30-29(27)36-35(54-18-55-36)20(2)34(30)57-21(3)49)32(48)31(46-24)28(23)37(33(19)52-4)58-56-12-8-11-22-9-6-5-7-10-22/h5-11,13,24-27,31-32,38,46H,12,14,16-18H2,1-4H3,(H,47,51)/b11-8+/t24?,25?,26-,27-,31?,32?,38+/m0/s1. The summed E-state index contributed by atoms with van der Waals surface area (Å²) in [6, 6.07) is 8.61. The molecule has 2 saturated heterocycles. The molecule has 2 N–H and O–H groups in total. The van der Waals surface area contributed by atoms with Gasteiger partial charge >= 0.3 is 24.0 Å². The van der Waals surface area contributed by atoms with Crippen molar-refractivity contribution < 1.29 is 61.0 Å². The molecule has 3 aromatic carbocycles. The number of ether oxygens (including phenoxy) is 5. The number of halogens is 3. The van der Waals surface area contributed by atoms with E-state index in [4.69, 9.17) is 33.5 Å². The van der Waals surface area contributed by atoms with E-state index in [1.165, 1.54) is 14.0 Å². The number of fused-ring (bicyclic) bond motifs is 9. The average molecular weight is 837 g/mol. The highest BCUT2D eigenvalue weighted by Gasteiger charge is 2.59. The van der Waals surface area contributed by atoms with Crippen LogP contribution in [0.4, 0.5) is 13.2 Å². The Hall–Kier alpha value is -5.48. The van der Waals surface area contributed by atoms with Crippen LogP contribution in [0.1, 0.15) is 63.2 Å². The van der Waals surface area contributed by atoms with Crippen molar-refractivity contribution in [3.63, 3.8) is 0 Å². The fourth-order valence-corrected chi connectivity index (χ4v) is 10.4. The zero-order valence-corrected chi connectivity index (χ0v) is 33.0. The second-order valence-corrected chi connectivity index (χ2v) is 15.8. The molecule has 1 amide bonds. The van der Waals surface area contributed by atoms with Gasteiger partial charge in [-0.05, 0) is 37.0 Å². The number of amides is 1. The van der Waals surface area contributed by atoms with Crippen LogP contribution in [0, 0.1) is 25.2 Å². The maximum Gasteiger partial charge on any atom is 0.471 e. The van der Waals surface area contributed by atoms with E-state index in [9.17, 15) is 32.8 Å². The van der Waals surface area contributed by atoms with Crippen molar-refractivity contribution in [2.24, 2.45) is 0 Å². The number of rotatable bonds is 8. The normalized spacial score (nSPS) is 25.5. The van der Waals surface area contributed by atoms with Gasteiger partial charge in [-0.3, -0.25) is 14.5 Å². The second kappa shape index (κ2) is 15.9. The Bertz CT molecular complexity index is 2270. The predicted octanol–water partition coefficient (Wildman–Crippen LogP) is 5.25. The first-order valence-corrected chi connectivity index (χ1v) is 19.8. The van der Waals surface area contributed by atoms with Crippen molar-refractivity contribution >= 4 is 35.7 Å². The van der Waals surface area contributed by atoms with Gasteiger partial charge in [0, 0.05) is 47.0 Å². The monoisotopic (exact) mass is 836 g/mol. The number of carbonyl (C=O) groups excluding carboxylic acids is 3. The number of thioether (sulfide) groups is 1. The highest BCUT2D eigenvalue weighted by molar-refractivity contribution is 7.99. The van der Waals surface area contributed by atoms with Crippen LogP contribution in [0.15, 0.2) is 42.5 Å². The molecule has 5 aliphatic heterocycles. The molecule has 4 bridgehead atoms. The van der Waals surface area contributed by atoms with E-state index in [0.717, 1.165) is 28.5 Å². The molecule has 8 rings (SSSR count). The average Bonchev–Trinajstić information content (AvgIpc) is 3.70. The Morgan fingerprint density at radius 1 is 1.08 bits per heavy atom. The van der Waals surface area contributed by atoms with Gasteiger partial charge in [0.2, 0.25) is 12.5 Å². The Kier molecular flexibility index (Phi) is 10.9. The molecule has 0 spiro atoms. The van der Waals surface area contributed by atoms with Gasteiger partial charge in [0.05, 0.1) is 30.5 Å². The molecule has 7 atom stereocenters. The first-order chi connectivity index (χ1) is 28.3. The Morgan fingerprint density at radius 3 is 2.56 bits per heavy atom. The van der Waals surface area contributed by atoms with Gasteiger partial charge in [0.25, 0.3) is 0 Å². The van der Waals surface area contributed by atoms with Gasteiger partial charge in [-0.15, -0.1) is 11.8 Å². The third-order valence-electron chi connectivity index (χ3n) is 11.1. The molecule has 0 radical (unpaired) electrons. The van der Waals surface area contributed by atoms with Crippen molar-refractivity contribution in [2.75, 3.05) is 32.9 Å². The largest absolute Gasteiger partial charge is 0.492 e. The third-order valence-corrected chi connectivity index (χ3v) is 12.5. The van der Waals surface area contributed by atoms with Gasteiger partial charge < -0.3 is 39.2 Å². The maximum atomic E-state index is 13.5. The first-order valence-electron chi connectivity index (χ1n) is 18.8. The number of esters is 2. The number of benzene rings is 3. The van der Waals surface area contributed by atoms with Crippen molar-refractivity contribution in [2.45, 2.75) is 74.9 Å². The summed E-state index contributed by atoms with van der Waals surface area (Å²) in [5.74, 6) is -3.03. The quantitative estimate of drug-likeness (QED) is 0.0993. The summed E-state index contributed by atoms with van der Waals surface area (Å²) in [5.41, 5.74) is 4.54. The topological polar surface area (TPSA) is 167 Å². The van der Waals surface area contributed by atoms with E-state index < -0.39 is 77.9 Å². The fraction of sp³-hybridized carbons (Fsp3) is 0.415. The van der Waals surface area contributed by atoms with E-state index in [2.05, 4.69) is 11.4 Å². The molecule has 59 heavy (non-hydrogen) atoms. The number of hydrogen-bond donors (Lipinski definition) is 2. The number of alkyl halides is 3.